The SMILES string of the molecule is CC(C)Cc1ccc([C@@H](C)NC(=O)COC(=O)[C@H](c2ccc(Cl)cc2)C(C)C)cc1. The van der Waals surface area contributed by atoms with Crippen LogP contribution in [0.3, 0.4) is 0 Å². The maximum absolute atomic E-state index is 12.6. The van der Waals surface area contributed by atoms with Crippen molar-refractivity contribution >= 4 is 23.5 Å². The second-order valence-corrected chi connectivity index (χ2v) is 8.95. The van der Waals surface area contributed by atoms with Gasteiger partial charge in [0.1, 0.15) is 0 Å². The zero-order chi connectivity index (χ0) is 22.3. The molecule has 2 aromatic carbocycles. The minimum Gasteiger partial charge on any atom is -0.455 e. The Kier molecular flexibility index (Phi) is 8.91. The quantitative estimate of drug-likeness (QED) is 0.520. The van der Waals surface area contributed by atoms with E-state index in [4.69, 9.17) is 16.3 Å². The van der Waals surface area contributed by atoms with Crippen LogP contribution in [0.2, 0.25) is 5.02 Å². The van der Waals surface area contributed by atoms with Crippen molar-refractivity contribution in [2.45, 2.75) is 53.0 Å². The number of halogens is 1. The molecule has 0 saturated carbocycles. The molecule has 0 unspecified atom stereocenters. The number of esters is 1. The molecule has 0 bridgehead atoms. The highest BCUT2D eigenvalue weighted by atomic mass is 35.5. The maximum atomic E-state index is 12.6. The van der Waals surface area contributed by atoms with Crippen molar-refractivity contribution in [1.82, 2.24) is 5.32 Å². The molecular formula is C25H32ClNO3. The Labute approximate surface area is 185 Å². The van der Waals surface area contributed by atoms with Crippen LogP contribution in [0.1, 0.15) is 63.3 Å². The number of carbonyl (C=O) groups is 2. The van der Waals surface area contributed by atoms with E-state index in [0.29, 0.717) is 10.9 Å². The molecule has 5 heteroatoms. The summed E-state index contributed by atoms with van der Waals surface area (Å²) in [5.74, 6) is -0.537. The molecule has 0 saturated heterocycles. The van der Waals surface area contributed by atoms with Gasteiger partial charge in [-0.2, -0.15) is 0 Å². The molecule has 0 aliphatic rings. The van der Waals surface area contributed by atoms with Gasteiger partial charge in [-0.25, -0.2) is 0 Å². The van der Waals surface area contributed by atoms with Crippen LogP contribution >= 0.6 is 11.6 Å². The highest BCUT2D eigenvalue weighted by molar-refractivity contribution is 6.30. The van der Waals surface area contributed by atoms with Crippen molar-refractivity contribution in [3.63, 3.8) is 0 Å². The van der Waals surface area contributed by atoms with E-state index in [9.17, 15) is 9.59 Å². The van der Waals surface area contributed by atoms with Gasteiger partial charge in [0.15, 0.2) is 6.61 Å². The molecule has 0 aromatic heterocycles. The molecule has 0 aliphatic heterocycles. The van der Waals surface area contributed by atoms with E-state index < -0.39 is 11.9 Å². The third-order valence-electron chi connectivity index (χ3n) is 5.00. The van der Waals surface area contributed by atoms with Crippen LogP contribution in [0.4, 0.5) is 0 Å². The summed E-state index contributed by atoms with van der Waals surface area (Å²) < 4.78 is 5.33. The van der Waals surface area contributed by atoms with Gasteiger partial charge >= 0.3 is 5.97 Å². The normalized spacial score (nSPS) is 13.2. The summed E-state index contributed by atoms with van der Waals surface area (Å²) in [6, 6.07) is 15.2. The first kappa shape index (κ1) is 23.9. The molecule has 0 radical (unpaired) electrons. The molecule has 2 aromatic rings. The van der Waals surface area contributed by atoms with Crippen LogP contribution < -0.4 is 5.32 Å². The van der Waals surface area contributed by atoms with Gasteiger partial charge in [-0.15, -0.1) is 0 Å². The molecule has 30 heavy (non-hydrogen) atoms. The molecule has 0 spiro atoms. The Hall–Kier alpha value is -2.33. The maximum Gasteiger partial charge on any atom is 0.314 e. The van der Waals surface area contributed by atoms with Crippen LogP contribution in [0.5, 0.6) is 0 Å². The van der Waals surface area contributed by atoms with Gasteiger partial charge in [0.05, 0.1) is 12.0 Å². The van der Waals surface area contributed by atoms with E-state index in [1.54, 1.807) is 12.1 Å². The first-order valence-electron chi connectivity index (χ1n) is 10.5. The van der Waals surface area contributed by atoms with Crippen LogP contribution in [0.15, 0.2) is 48.5 Å². The Bertz CT molecular complexity index is 828. The smallest absolute Gasteiger partial charge is 0.314 e. The fourth-order valence-corrected chi connectivity index (χ4v) is 3.60. The van der Waals surface area contributed by atoms with Crippen LogP contribution in [0, 0.1) is 11.8 Å². The van der Waals surface area contributed by atoms with E-state index in [0.717, 1.165) is 17.5 Å². The number of benzene rings is 2. The van der Waals surface area contributed by atoms with Crippen molar-refractivity contribution in [2.75, 3.05) is 6.61 Å². The average Bonchev–Trinajstić information content (AvgIpc) is 2.68. The van der Waals surface area contributed by atoms with Crippen molar-refractivity contribution < 1.29 is 14.3 Å². The molecule has 2 rings (SSSR count). The van der Waals surface area contributed by atoms with Gasteiger partial charge in [0.25, 0.3) is 5.91 Å². The summed E-state index contributed by atoms with van der Waals surface area (Å²) in [6.45, 7) is 9.90. The molecule has 2 atom stereocenters. The lowest BCUT2D eigenvalue weighted by molar-refractivity contribution is -0.151. The van der Waals surface area contributed by atoms with Gasteiger partial charge in [-0.1, -0.05) is 75.7 Å². The highest BCUT2D eigenvalue weighted by Gasteiger charge is 2.26. The van der Waals surface area contributed by atoms with Gasteiger partial charge in [0.2, 0.25) is 0 Å². The number of hydrogen-bond donors (Lipinski definition) is 1. The van der Waals surface area contributed by atoms with Gasteiger partial charge in [-0.05, 0) is 54.0 Å². The van der Waals surface area contributed by atoms with E-state index in [1.165, 1.54) is 5.56 Å². The lowest BCUT2D eigenvalue weighted by Crippen LogP contribution is -2.32. The molecule has 0 fully saturated rings. The number of nitrogens with one attached hydrogen (secondary N) is 1. The summed E-state index contributed by atoms with van der Waals surface area (Å²) in [5, 5.41) is 3.50. The largest absolute Gasteiger partial charge is 0.455 e. The Balaban J connectivity index is 1.90. The minimum atomic E-state index is -0.444. The third kappa shape index (κ3) is 7.17. The number of amides is 1. The molecule has 1 amide bonds. The lowest BCUT2D eigenvalue weighted by atomic mass is 9.88. The Morgan fingerprint density at radius 3 is 2.00 bits per heavy atom. The van der Waals surface area contributed by atoms with E-state index >= 15 is 0 Å². The number of hydrogen-bond acceptors (Lipinski definition) is 3. The van der Waals surface area contributed by atoms with Gasteiger partial charge < -0.3 is 10.1 Å². The average molecular weight is 430 g/mol. The fraction of sp³-hybridized carbons (Fsp3) is 0.440. The number of ether oxygens (including phenoxy) is 1. The summed E-state index contributed by atoms with van der Waals surface area (Å²) in [5.41, 5.74) is 3.13. The second-order valence-electron chi connectivity index (χ2n) is 8.51. The molecule has 0 heterocycles. The first-order valence-corrected chi connectivity index (χ1v) is 10.9. The van der Waals surface area contributed by atoms with Crippen molar-refractivity contribution in [3.8, 4) is 0 Å². The van der Waals surface area contributed by atoms with Crippen molar-refractivity contribution in [2.24, 2.45) is 11.8 Å². The van der Waals surface area contributed by atoms with Crippen molar-refractivity contribution in [1.29, 1.82) is 0 Å². The summed E-state index contributed by atoms with van der Waals surface area (Å²) in [4.78, 5) is 24.9. The van der Waals surface area contributed by atoms with E-state index in [-0.39, 0.29) is 24.5 Å². The van der Waals surface area contributed by atoms with Gasteiger partial charge in [0, 0.05) is 5.02 Å². The summed E-state index contributed by atoms with van der Waals surface area (Å²) in [6.07, 6.45) is 1.03. The minimum absolute atomic E-state index is 0.0324. The second kappa shape index (κ2) is 11.2. The molecular weight excluding hydrogens is 398 g/mol. The topological polar surface area (TPSA) is 55.4 Å². The van der Waals surface area contributed by atoms with Crippen molar-refractivity contribution in [3.05, 3.63) is 70.2 Å². The molecule has 0 aliphatic carbocycles. The zero-order valence-electron chi connectivity index (χ0n) is 18.4. The van der Waals surface area contributed by atoms with Crippen LogP contribution in [-0.2, 0) is 20.7 Å². The fourth-order valence-electron chi connectivity index (χ4n) is 3.47. The lowest BCUT2D eigenvalue weighted by Gasteiger charge is -2.20. The predicted molar refractivity (Wildman–Crippen MR) is 122 cm³/mol. The third-order valence-corrected chi connectivity index (χ3v) is 5.25. The number of rotatable bonds is 9. The van der Waals surface area contributed by atoms with E-state index in [1.807, 2.05) is 45.0 Å². The monoisotopic (exact) mass is 429 g/mol. The zero-order valence-corrected chi connectivity index (χ0v) is 19.2. The summed E-state index contributed by atoms with van der Waals surface area (Å²) in [7, 11) is 0. The standard InChI is InChI=1S/C25H32ClNO3/c1-16(2)14-19-6-8-20(9-7-19)18(5)27-23(28)15-30-25(29)24(17(3)4)21-10-12-22(26)13-11-21/h6-13,16-18,24H,14-15H2,1-5H3,(H,27,28)/t18-,24+/m1/s1. The first-order chi connectivity index (χ1) is 14.2. The Morgan fingerprint density at radius 1 is 0.900 bits per heavy atom. The summed E-state index contributed by atoms with van der Waals surface area (Å²) >= 11 is 5.94. The highest BCUT2D eigenvalue weighted by Crippen LogP contribution is 2.27. The van der Waals surface area contributed by atoms with E-state index in [2.05, 4.69) is 31.3 Å². The Morgan fingerprint density at radius 2 is 1.47 bits per heavy atom. The molecule has 4 nitrogen and oxygen atoms in total. The number of carbonyl (C=O) groups excluding carboxylic acids is 2. The van der Waals surface area contributed by atoms with Crippen LogP contribution in [-0.4, -0.2) is 18.5 Å². The van der Waals surface area contributed by atoms with Gasteiger partial charge in [-0.3, -0.25) is 9.59 Å². The molecule has 1 N–H and O–H groups in total. The molecule has 162 valence electrons. The van der Waals surface area contributed by atoms with Crippen LogP contribution in [0.25, 0.3) is 0 Å². The predicted octanol–water partition coefficient (Wildman–Crippen LogP) is 5.70.